The Morgan fingerprint density at radius 1 is 1.13 bits per heavy atom. The second-order valence-electron chi connectivity index (χ2n) is 5.42. The molecule has 1 saturated heterocycles. The number of aryl methyl sites for hydroxylation is 2. The summed E-state index contributed by atoms with van der Waals surface area (Å²) in [5.41, 5.74) is 3.37. The molecular weight excluding hydrogens is 311 g/mol. The van der Waals surface area contributed by atoms with Crippen LogP contribution in [0.4, 0.5) is 10.1 Å². The van der Waals surface area contributed by atoms with Gasteiger partial charge in [0.1, 0.15) is 11.5 Å². The van der Waals surface area contributed by atoms with Crippen LogP contribution in [0.5, 0.6) is 0 Å². The Morgan fingerprint density at radius 2 is 1.87 bits per heavy atom. The largest absolute Gasteiger partial charge is 0.327 e. The van der Waals surface area contributed by atoms with E-state index >= 15 is 0 Å². The number of amides is 1. The molecule has 0 saturated carbocycles. The van der Waals surface area contributed by atoms with Crippen LogP contribution in [0.3, 0.4) is 0 Å². The summed E-state index contributed by atoms with van der Waals surface area (Å²) in [4.78, 5) is 14.1. The zero-order valence-corrected chi connectivity index (χ0v) is 13.6. The quantitative estimate of drug-likeness (QED) is 0.674. The van der Waals surface area contributed by atoms with E-state index in [0.29, 0.717) is 16.4 Å². The molecule has 0 unspecified atom stereocenters. The number of rotatable bonds is 2. The summed E-state index contributed by atoms with van der Waals surface area (Å²) in [6.07, 6.45) is 1.68. The van der Waals surface area contributed by atoms with Gasteiger partial charge in [-0.15, -0.1) is 0 Å². The van der Waals surface area contributed by atoms with Crippen molar-refractivity contribution >= 4 is 35.0 Å². The Hall–Kier alpha value is -2.53. The van der Waals surface area contributed by atoms with Crippen LogP contribution in [0.2, 0.25) is 0 Å². The highest BCUT2D eigenvalue weighted by Crippen LogP contribution is 2.25. The number of benzene rings is 2. The van der Waals surface area contributed by atoms with Gasteiger partial charge in [-0.1, -0.05) is 24.3 Å². The van der Waals surface area contributed by atoms with Gasteiger partial charge in [-0.05, 0) is 67.0 Å². The zero-order valence-electron chi connectivity index (χ0n) is 12.8. The van der Waals surface area contributed by atoms with Crippen molar-refractivity contribution < 1.29 is 9.18 Å². The molecule has 0 atom stereocenters. The van der Waals surface area contributed by atoms with E-state index in [9.17, 15) is 9.18 Å². The number of carbonyl (C=O) groups excluding carboxylic acids is 1. The van der Waals surface area contributed by atoms with Crippen LogP contribution in [0, 0.1) is 19.7 Å². The van der Waals surface area contributed by atoms with E-state index in [-0.39, 0.29) is 11.7 Å². The van der Waals surface area contributed by atoms with Crippen LogP contribution in [0.25, 0.3) is 6.08 Å². The third-order valence-electron chi connectivity index (χ3n) is 3.73. The summed E-state index contributed by atoms with van der Waals surface area (Å²) in [5.74, 6) is -0.485. The van der Waals surface area contributed by atoms with Gasteiger partial charge >= 0.3 is 0 Å². The molecule has 1 aliphatic rings. The van der Waals surface area contributed by atoms with E-state index in [1.54, 1.807) is 25.1 Å². The van der Waals surface area contributed by atoms with Crippen molar-refractivity contribution in [2.24, 2.45) is 0 Å². The first kappa shape index (κ1) is 15.4. The Kier molecular flexibility index (Phi) is 3.96. The highest BCUT2D eigenvalue weighted by Gasteiger charge is 2.32. The van der Waals surface area contributed by atoms with E-state index in [1.165, 1.54) is 11.0 Å². The van der Waals surface area contributed by atoms with Crippen molar-refractivity contribution in [3.63, 3.8) is 0 Å². The summed E-state index contributed by atoms with van der Waals surface area (Å²) >= 11 is 5.29. The predicted molar refractivity (Wildman–Crippen MR) is 93.5 cm³/mol. The second-order valence-corrected chi connectivity index (χ2v) is 5.81. The standard InChI is InChI=1S/C18H15FN2OS/c1-11-5-3-4-6-16(11)21-17(22)15(20-18(21)23)10-13-7-8-14(19)12(2)9-13/h3-10H,1-2H3,(H,20,23). The van der Waals surface area contributed by atoms with Crippen molar-refractivity contribution in [2.45, 2.75) is 13.8 Å². The molecule has 3 nitrogen and oxygen atoms in total. The Morgan fingerprint density at radius 3 is 2.57 bits per heavy atom. The van der Waals surface area contributed by atoms with Crippen LogP contribution < -0.4 is 10.2 Å². The number of halogens is 1. The summed E-state index contributed by atoms with van der Waals surface area (Å²) in [6.45, 7) is 3.61. The summed E-state index contributed by atoms with van der Waals surface area (Å²) in [7, 11) is 0. The van der Waals surface area contributed by atoms with Crippen molar-refractivity contribution in [1.82, 2.24) is 5.32 Å². The Labute approximate surface area is 139 Å². The molecule has 3 rings (SSSR count). The SMILES string of the molecule is Cc1cc(C=C2NC(=S)N(c3ccccc3C)C2=O)ccc1F. The predicted octanol–water partition coefficient (Wildman–Crippen LogP) is 3.70. The number of para-hydroxylation sites is 1. The highest BCUT2D eigenvalue weighted by molar-refractivity contribution is 7.80. The first-order valence-corrected chi connectivity index (χ1v) is 7.57. The zero-order chi connectivity index (χ0) is 16.6. The maximum absolute atomic E-state index is 13.3. The van der Waals surface area contributed by atoms with E-state index in [1.807, 2.05) is 31.2 Å². The molecule has 23 heavy (non-hydrogen) atoms. The highest BCUT2D eigenvalue weighted by atomic mass is 32.1. The van der Waals surface area contributed by atoms with E-state index in [4.69, 9.17) is 12.2 Å². The molecule has 2 aromatic carbocycles. The number of thiocarbonyl (C=S) groups is 1. The Bertz CT molecular complexity index is 845. The minimum atomic E-state index is -0.269. The smallest absolute Gasteiger partial charge is 0.281 e. The van der Waals surface area contributed by atoms with Crippen LogP contribution in [-0.2, 0) is 4.79 Å². The number of anilines is 1. The van der Waals surface area contributed by atoms with Crippen LogP contribution >= 0.6 is 12.2 Å². The summed E-state index contributed by atoms with van der Waals surface area (Å²) < 4.78 is 13.3. The molecule has 0 spiro atoms. The first-order valence-electron chi connectivity index (χ1n) is 7.16. The molecule has 1 heterocycles. The van der Waals surface area contributed by atoms with Gasteiger partial charge in [0, 0.05) is 0 Å². The minimum Gasteiger partial charge on any atom is -0.327 e. The second kappa shape index (κ2) is 5.93. The fourth-order valence-electron chi connectivity index (χ4n) is 2.49. The number of hydrogen-bond donors (Lipinski definition) is 1. The molecule has 1 amide bonds. The molecule has 2 aromatic rings. The molecule has 116 valence electrons. The average Bonchev–Trinajstić information content (AvgIpc) is 2.78. The van der Waals surface area contributed by atoms with Gasteiger partial charge in [-0.25, -0.2) is 4.39 Å². The fourth-order valence-corrected chi connectivity index (χ4v) is 2.78. The fraction of sp³-hybridized carbons (Fsp3) is 0.111. The minimum absolute atomic E-state index is 0.216. The van der Waals surface area contributed by atoms with Crippen molar-refractivity contribution in [1.29, 1.82) is 0 Å². The number of carbonyl (C=O) groups is 1. The molecule has 1 aliphatic heterocycles. The van der Waals surface area contributed by atoms with E-state index in [0.717, 1.165) is 16.8 Å². The monoisotopic (exact) mass is 326 g/mol. The molecule has 0 aromatic heterocycles. The number of hydrogen-bond acceptors (Lipinski definition) is 2. The normalized spacial score (nSPS) is 16.1. The third kappa shape index (κ3) is 2.87. The van der Waals surface area contributed by atoms with Gasteiger partial charge in [0.25, 0.3) is 5.91 Å². The van der Waals surface area contributed by atoms with Gasteiger partial charge in [0.2, 0.25) is 0 Å². The first-order chi connectivity index (χ1) is 11.0. The topological polar surface area (TPSA) is 32.3 Å². The molecule has 0 bridgehead atoms. The lowest BCUT2D eigenvalue weighted by Gasteiger charge is -2.16. The van der Waals surface area contributed by atoms with Gasteiger partial charge in [0.15, 0.2) is 5.11 Å². The van der Waals surface area contributed by atoms with Crippen molar-refractivity contribution in [3.05, 3.63) is 70.7 Å². The lowest BCUT2D eigenvalue weighted by atomic mass is 10.1. The van der Waals surface area contributed by atoms with Gasteiger partial charge in [0.05, 0.1) is 5.69 Å². The van der Waals surface area contributed by atoms with Crippen LogP contribution in [0.15, 0.2) is 48.2 Å². The third-order valence-corrected chi connectivity index (χ3v) is 4.01. The molecular formula is C18H15FN2OS. The maximum Gasteiger partial charge on any atom is 0.281 e. The average molecular weight is 326 g/mol. The number of nitrogens with zero attached hydrogens (tertiary/aromatic N) is 1. The van der Waals surface area contributed by atoms with Crippen LogP contribution in [-0.4, -0.2) is 11.0 Å². The van der Waals surface area contributed by atoms with E-state index < -0.39 is 0 Å². The molecule has 0 radical (unpaired) electrons. The molecule has 0 aliphatic carbocycles. The van der Waals surface area contributed by atoms with Crippen molar-refractivity contribution in [3.8, 4) is 0 Å². The lowest BCUT2D eigenvalue weighted by Crippen LogP contribution is -2.30. The van der Waals surface area contributed by atoms with Gasteiger partial charge in [-0.3, -0.25) is 9.69 Å². The molecule has 1 fully saturated rings. The summed E-state index contributed by atoms with van der Waals surface area (Å²) in [6, 6.07) is 12.3. The van der Waals surface area contributed by atoms with E-state index in [2.05, 4.69) is 5.32 Å². The van der Waals surface area contributed by atoms with Gasteiger partial charge in [-0.2, -0.15) is 0 Å². The Balaban J connectivity index is 1.96. The molecule has 1 N–H and O–H groups in total. The maximum atomic E-state index is 13.3. The van der Waals surface area contributed by atoms with Gasteiger partial charge < -0.3 is 5.32 Å². The molecule has 5 heteroatoms. The lowest BCUT2D eigenvalue weighted by molar-refractivity contribution is -0.113. The summed E-state index contributed by atoms with van der Waals surface area (Å²) in [5, 5.41) is 3.28. The number of nitrogens with one attached hydrogen (secondary N) is 1. The van der Waals surface area contributed by atoms with Crippen LogP contribution in [0.1, 0.15) is 16.7 Å². The van der Waals surface area contributed by atoms with Crippen molar-refractivity contribution in [2.75, 3.05) is 4.90 Å².